The van der Waals surface area contributed by atoms with Gasteiger partial charge in [0, 0.05) is 22.8 Å². The topological polar surface area (TPSA) is 54.7 Å². The molecule has 1 unspecified atom stereocenters. The van der Waals surface area contributed by atoms with Crippen LogP contribution in [-0.2, 0) is 0 Å². The van der Waals surface area contributed by atoms with E-state index >= 15 is 0 Å². The molecule has 0 fully saturated rings. The van der Waals surface area contributed by atoms with Crippen LogP contribution in [0.4, 0.5) is 0 Å². The molecule has 0 saturated heterocycles. The lowest BCUT2D eigenvalue weighted by atomic mass is 10.2. The van der Waals surface area contributed by atoms with Crippen LogP contribution in [0.2, 0.25) is 0 Å². The Hall–Kier alpha value is -2.91. The van der Waals surface area contributed by atoms with Gasteiger partial charge >= 0.3 is 0 Å². The fourth-order valence-corrected chi connectivity index (χ4v) is 2.42. The van der Waals surface area contributed by atoms with Gasteiger partial charge in [-0.15, -0.1) is 6.58 Å². The molecule has 0 amide bonds. The predicted octanol–water partition coefficient (Wildman–Crippen LogP) is 4.59. The van der Waals surface area contributed by atoms with Crippen LogP contribution in [0.25, 0.3) is 21.8 Å². The molecule has 0 bridgehead atoms. The Morgan fingerprint density at radius 3 is 2.39 bits per heavy atom. The number of pyridine rings is 1. The molecule has 114 valence electrons. The van der Waals surface area contributed by atoms with Crippen LogP contribution in [0.1, 0.15) is 11.7 Å². The molecule has 3 N–H and O–H groups in total. The van der Waals surface area contributed by atoms with Crippen LogP contribution >= 0.6 is 0 Å². The maximum Gasteiger partial charge on any atom is 0.0701 e. The molecule has 1 atom stereocenters. The van der Waals surface area contributed by atoms with E-state index in [4.69, 9.17) is 5.73 Å². The summed E-state index contributed by atoms with van der Waals surface area (Å²) in [4.78, 5) is 7.43. The zero-order valence-electron chi connectivity index (χ0n) is 12.8. The van der Waals surface area contributed by atoms with Crippen molar-refractivity contribution in [3.63, 3.8) is 0 Å². The molecule has 0 aliphatic heterocycles. The number of nitrogens with zero attached hydrogens (tertiary/aromatic N) is 1. The molecule has 0 aliphatic carbocycles. The van der Waals surface area contributed by atoms with Crippen molar-refractivity contribution >= 4 is 21.8 Å². The van der Waals surface area contributed by atoms with E-state index in [2.05, 4.69) is 40.8 Å². The van der Waals surface area contributed by atoms with Crippen LogP contribution in [0, 0.1) is 0 Å². The Bertz CT molecular complexity index is 826. The highest BCUT2D eigenvalue weighted by molar-refractivity contribution is 5.80. The number of para-hydroxylation sites is 2. The maximum atomic E-state index is 5.81. The molecule has 3 heteroatoms. The lowest BCUT2D eigenvalue weighted by Gasteiger charge is -2.00. The predicted molar refractivity (Wildman–Crippen MR) is 97.2 cm³/mol. The van der Waals surface area contributed by atoms with Gasteiger partial charge in [-0.3, -0.25) is 4.98 Å². The molecule has 0 radical (unpaired) electrons. The van der Waals surface area contributed by atoms with Gasteiger partial charge < -0.3 is 10.7 Å². The summed E-state index contributed by atoms with van der Waals surface area (Å²) < 4.78 is 0. The van der Waals surface area contributed by atoms with E-state index in [0.717, 1.165) is 16.7 Å². The monoisotopic (exact) mass is 301 g/mol. The van der Waals surface area contributed by atoms with E-state index < -0.39 is 0 Å². The van der Waals surface area contributed by atoms with Crippen LogP contribution in [0.5, 0.6) is 0 Å². The van der Waals surface area contributed by atoms with Crippen LogP contribution in [0.15, 0.2) is 85.6 Å². The smallest absolute Gasteiger partial charge is 0.0701 e. The molecule has 2 heterocycles. The van der Waals surface area contributed by atoms with Gasteiger partial charge in [-0.05, 0) is 29.7 Å². The fourth-order valence-electron chi connectivity index (χ4n) is 2.42. The first-order valence-electron chi connectivity index (χ1n) is 7.53. The van der Waals surface area contributed by atoms with Gasteiger partial charge in [0.25, 0.3) is 0 Å². The van der Waals surface area contributed by atoms with Crippen molar-refractivity contribution in [1.82, 2.24) is 9.97 Å². The van der Waals surface area contributed by atoms with Crippen LogP contribution in [0.3, 0.4) is 0 Å². The first kappa shape index (κ1) is 15.0. The van der Waals surface area contributed by atoms with E-state index in [1.807, 2.05) is 48.7 Å². The molecule has 2 aromatic carbocycles. The van der Waals surface area contributed by atoms with Crippen molar-refractivity contribution in [3.05, 3.63) is 91.3 Å². The van der Waals surface area contributed by atoms with Crippen molar-refractivity contribution < 1.29 is 0 Å². The summed E-state index contributed by atoms with van der Waals surface area (Å²) in [6.45, 7) is 3.66. The van der Waals surface area contributed by atoms with E-state index in [1.165, 1.54) is 10.8 Å². The normalized spacial score (nSPS) is 11.7. The third-order valence-corrected chi connectivity index (χ3v) is 3.68. The number of rotatable bonds is 2. The third kappa shape index (κ3) is 3.47. The van der Waals surface area contributed by atoms with E-state index in [0.29, 0.717) is 0 Å². The molecule has 4 aromatic rings. The van der Waals surface area contributed by atoms with Crippen molar-refractivity contribution in [2.45, 2.75) is 6.04 Å². The van der Waals surface area contributed by atoms with E-state index in [-0.39, 0.29) is 6.04 Å². The second kappa shape index (κ2) is 6.90. The Labute approximate surface area is 135 Å². The van der Waals surface area contributed by atoms with Gasteiger partial charge in [-0.2, -0.15) is 0 Å². The number of nitrogens with one attached hydrogen (secondary N) is 1. The Balaban J connectivity index is 0.000000140. The number of aromatic amines is 1. The zero-order chi connectivity index (χ0) is 16.1. The molecule has 2 aromatic heterocycles. The number of fused-ring (bicyclic) bond motifs is 2. The standard InChI is InChI=1S/C11H12N2.C9H7N/c1-2-9(12)11-7-8-5-3-4-6-10(8)13-11;1-2-6-9-8(4-1)5-3-7-10-9/h2-7,9,13H,1,12H2;1-7H. The lowest BCUT2D eigenvalue weighted by molar-refractivity contribution is 0.880. The van der Waals surface area contributed by atoms with E-state index in [9.17, 15) is 0 Å². The minimum absolute atomic E-state index is 0.104. The minimum Gasteiger partial charge on any atom is -0.357 e. The Kier molecular flexibility index (Phi) is 4.50. The Morgan fingerprint density at radius 1 is 0.957 bits per heavy atom. The maximum absolute atomic E-state index is 5.81. The molecule has 4 rings (SSSR count). The first-order chi connectivity index (χ1) is 11.3. The van der Waals surface area contributed by atoms with Crippen molar-refractivity contribution in [2.24, 2.45) is 5.73 Å². The van der Waals surface area contributed by atoms with Crippen LogP contribution in [-0.4, -0.2) is 9.97 Å². The average Bonchev–Trinajstić information content (AvgIpc) is 3.06. The molecular formula is C20H19N3. The highest BCUT2D eigenvalue weighted by Crippen LogP contribution is 2.18. The lowest BCUT2D eigenvalue weighted by Crippen LogP contribution is -2.06. The third-order valence-electron chi connectivity index (χ3n) is 3.68. The van der Waals surface area contributed by atoms with Gasteiger partial charge in [0.05, 0.1) is 11.6 Å². The largest absolute Gasteiger partial charge is 0.357 e. The van der Waals surface area contributed by atoms with Crippen molar-refractivity contribution in [3.8, 4) is 0 Å². The second-order valence-corrected chi connectivity index (χ2v) is 5.27. The highest BCUT2D eigenvalue weighted by Gasteiger charge is 2.04. The minimum atomic E-state index is -0.104. The average molecular weight is 301 g/mol. The van der Waals surface area contributed by atoms with Crippen molar-refractivity contribution in [2.75, 3.05) is 0 Å². The summed E-state index contributed by atoms with van der Waals surface area (Å²) in [5, 5.41) is 2.39. The molecule has 0 aliphatic rings. The van der Waals surface area contributed by atoms with Gasteiger partial charge in [-0.1, -0.05) is 48.5 Å². The first-order valence-corrected chi connectivity index (χ1v) is 7.53. The number of benzene rings is 2. The SMILES string of the molecule is C=CC(N)c1cc2ccccc2[nH]1.c1ccc2ncccc2c1. The molecule has 0 saturated carbocycles. The van der Waals surface area contributed by atoms with E-state index in [1.54, 1.807) is 6.08 Å². The van der Waals surface area contributed by atoms with Crippen molar-refractivity contribution in [1.29, 1.82) is 0 Å². The summed E-state index contributed by atoms with van der Waals surface area (Å²) in [6, 6.07) is 22.2. The van der Waals surface area contributed by atoms with Gasteiger partial charge in [-0.25, -0.2) is 0 Å². The molecular weight excluding hydrogens is 282 g/mol. The molecule has 3 nitrogen and oxygen atoms in total. The Morgan fingerprint density at radius 2 is 1.65 bits per heavy atom. The second-order valence-electron chi connectivity index (χ2n) is 5.27. The number of nitrogens with two attached hydrogens (primary N) is 1. The zero-order valence-corrected chi connectivity index (χ0v) is 12.8. The number of aromatic nitrogens is 2. The van der Waals surface area contributed by atoms with Gasteiger partial charge in [0.1, 0.15) is 0 Å². The molecule has 0 spiro atoms. The highest BCUT2D eigenvalue weighted by atomic mass is 14.8. The summed E-state index contributed by atoms with van der Waals surface area (Å²) in [5.41, 5.74) is 9.00. The summed E-state index contributed by atoms with van der Waals surface area (Å²) in [6.07, 6.45) is 3.53. The summed E-state index contributed by atoms with van der Waals surface area (Å²) in [5.74, 6) is 0. The van der Waals surface area contributed by atoms with Crippen LogP contribution < -0.4 is 5.73 Å². The molecule has 23 heavy (non-hydrogen) atoms. The summed E-state index contributed by atoms with van der Waals surface area (Å²) >= 11 is 0. The summed E-state index contributed by atoms with van der Waals surface area (Å²) in [7, 11) is 0. The van der Waals surface area contributed by atoms with Gasteiger partial charge in [0.2, 0.25) is 0 Å². The number of H-pyrrole nitrogens is 1. The quantitative estimate of drug-likeness (QED) is 0.532. The number of hydrogen-bond donors (Lipinski definition) is 2. The van der Waals surface area contributed by atoms with Gasteiger partial charge in [0.15, 0.2) is 0 Å². The fraction of sp³-hybridized carbons (Fsp3) is 0.0500. The number of hydrogen-bond acceptors (Lipinski definition) is 2.